The summed E-state index contributed by atoms with van der Waals surface area (Å²) in [6.45, 7) is 0.814. The Labute approximate surface area is 118 Å². The number of hydrogen-bond acceptors (Lipinski definition) is 3. The van der Waals surface area contributed by atoms with Crippen LogP contribution in [0.4, 0.5) is 0 Å². The van der Waals surface area contributed by atoms with Gasteiger partial charge in [0.15, 0.2) is 0 Å². The minimum absolute atomic E-state index is 0.119. The molecule has 18 heavy (non-hydrogen) atoms. The molecule has 0 saturated carbocycles. The van der Waals surface area contributed by atoms with E-state index in [9.17, 15) is 4.79 Å². The molecule has 1 N–H and O–H groups in total. The molecule has 1 amide bonds. The molecule has 0 radical (unpaired) electrons. The summed E-state index contributed by atoms with van der Waals surface area (Å²) in [6, 6.07) is 7.75. The minimum Gasteiger partial charge on any atom is -0.355 e. The second-order valence-corrected chi connectivity index (χ2v) is 6.56. The van der Waals surface area contributed by atoms with Crippen molar-refractivity contribution in [2.24, 2.45) is 0 Å². The van der Waals surface area contributed by atoms with Gasteiger partial charge >= 0.3 is 0 Å². The quantitative estimate of drug-likeness (QED) is 0.831. The van der Waals surface area contributed by atoms with Crippen LogP contribution in [-0.4, -0.2) is 23.5 Å². The van der Waals surface area contributed by atoms with E-state index in [1.54, 1.807) is 0 Å². The standard InChI is InChI=1S/C14H19NOS2/c16-14(9-11-4-6-12(17)7-5-11)15-10-13-3-1-2-8-18-13/h4-7,13,17H,1-3,8-10H2,(H,15,16). The molecule has 0 aromatic heterocycles. The first-order chi connectivity index (χ1) is 8.74. The summed E-state index contributed by atoms with van der Waals surface area (Å²) in [7, 11) is 0. The van der Waals surface area contributed by atoms with E-state index in [-0.39, 0.29) is 5.91 Å². The first kappa shape index (κ1) is 13.8. The van der Waals surface area contributed by atoms with Gasteiger partial charge in [0.2, 0.25) is 5.91 Å². The van der Waals surface area contributed by atoms with Gasteiger partial charge in [-0.25, -0.2) is 0 Å². The topological polar surface area (TPSA) is 29.1 Å². The van der Waals surface area contributed by atoms with Gasteiger partial charge in [0.25, 0.3) is 0 Å². The summed E-state index contributed by atoms with van der Waals surface area (Å²) in [6.07, 6.45) is 4.33. The van der Waals surface area contributed by atoms with Crippen LogP contribution in [0.2, 0.25) is 0 Å². The highest BCUT2D eigenvalue weighted by molar-refractivity contribution is 7.99. The lowest BCUT2D eigenvalue weighted by atomic mass is 10.1. The summed E-state index contributed by atoms with van der Waals surface area (Å²) in [4.78, 5) is 12.7. The lowest BCUT2D eigenvalue weighted by molar-refractivity contribution is -0.120. The van der Waals surface area contributed by atoms with Crippen LogP contribution in [0.3, 0.4) is 0 Å². The molecule has 1 aromatic rings. The number of benzene rings is 1. The van der Waals surface area contributed by atoms with Crippen molar-refractivity contribution < 1.29 is 4.79 Å². The van der Waals surface area contributed by atoms with Gasteiger partial charge in [-0.05, 0) is 36.3 Å². The van der Waals surface area contributed by atoms with Crippen LogP contribution in [-0.2, 0) is 11.2 Å². The van der Waals surface area contributed by atoms with Gasteiger partial charge in [-0.2, -0.15) is 11.8 Å². The van der Waals surface area contributed by atoms with Gasteiger partial charge in [-0.1, -0.05) is 18.6 Å². The van der Waals surface area contributed by atoms with E-state index in [1.807, 2.05) is 36.0 Å². The molecule has 1 fully saturated rings. The summed E-state index contributed by atoms with van der Waals surface area (Å²) in [5.41, 5.74) is 1.04. The fraction of sp³-hybridized carbons (Fsp3) is 0.500. The third-order valence-electron chi connectivity index (χ3n) is 3.10. The molecule has 0 aliphatic carbocycles. The Bertz CT molecular complexity index is 385. The highest BCUT2D eigenvalue weighted by Crippen LogP contribution is 2.24. The smallest absolute Gasteiger partial charge is 0.224 e. The third-order valence-corrected chi connectivity index (χ3v) is 4.80. The van der Waals surface area contributed by atoms with Crippen LogP contribution in [0.5, 0.6) is 0 Å². The monoisotopic (exact) mass is 281 g/mol. The normalized spacial score (nSPS) is 19.5. The highest BCUT2D eigenvalue weighted by atomic mass is 32.2. The van der Waals surface area contributed by atoms with Crippen LogP contribution in [0.15, 0.2) is 29.2 Å². The van der Waals surface area contributed by atoms with Gasteiger partial charge in [-0.15, -0.1) is 12.6 Å². The molecule has 1 aliphatic rings. The molecule has 1 atom stereocenters. The fourth-order valence-corrected chi connectivity index (χ4v) is 3.45. The molecule has 2 nitrogen and oxygen atoms in total. The summed E-state index contributed by atoms with van der Waals surface area (Å²) in [5.74, 6) is 1.36. The van der Waals surface area contributed by atoms with E-state index in [0.29, 0.717) is 11.7 Å². The Hall–Kier alpha value is -0.610. The Kier molecular flexibility index (Phi) is 5.45. The summed E-state index contributed by atoms with van der Waals surface area (Å²) in [5, 5.41) is 3.65. The number of rotatable bonds is 4. The third kappa shape index (κ3) is 4.58. The number of carbonyl (C=O) groups excluding carboxylic acids is 1. The van der Waals surface area contributed by atoms with Crippen molar-refractivity contribution in [3.8, 4) is 0 Å². The van der Waals surface area contributed by atoms with Gasteiger partial charge < -0.3 is 5.32 Å². The number of hydrogen-bond donors (Lipinski definition) is 2. The van der Waals surface area contributed by atoms with Crippen molar-refractivity contribution in [3.63, 3.8) is 0 Å². The van der Waals surface area contributed by atoms with Crippen molar-refractivity contribution in [2.45, 2.75) is 35.8 Å². The molecule has 0 bridgehead atoms. The van der Waals surface area contributed by atoms with Crippen molar-refractivity contribution in [2.75, 3.05) is 12.3 Å². The molecule has 1 heterocycles. The van der Waals surface area contributed by atoms with Crippen molar-refractivity contribution in [1.82, 2.24) is 5.32 Å². The largest absolute Gasteiger partial charge is 0.355 e. The lowest BCUT2D eigenvalue weighted by Crippen LogP contribution is -2.32. The number of thioether (sulfide) groups is 1. The van der Waals surface area contributed by atoms with Crippen molar-refractivity contribution >= 4 is 30.3 Å². The maximum absolute atomic E-state index is 11.8. The van der Waals surface area contributed by atoms with Gasteiger partial charge in [0.1, 0.15) is 0 Å². The molecule has 98 valence electrons. The van der Waals surface area contributed by atoms with Crippen LogP contribution in [0.1, 0.15) is 24.8 Å². The molecule has 2 rings (SSSR count). The predicted molar refractivity (Wildman–Crippen MR) is 80.5 cm³/mol. The fourth-order valence-electron chi connectivity index (χ4n) is 2.06. The van der Waals surface area contributed by atoms with Gasteiger partial charge in [0, 0.05) is 16.7 Å². The molecule has 4 heteroatoms. The van der Waals surface area contributed by atoms with E-state index >= 15 is 0 Å². The molecular weight excluding hydrogens is 262 g/mol. The molecular formula is C14H19NOS2. The Balaban J connectivity index is 1.73. The van der Waals surface area contributed by atoms with Gasteiger partial charge in [-0.3, -0.25) is 4.79 Å². The van der Waals surface area contributed by atoms with E-state index in [0.717, 1.165) is 17.0 Å². The Morgan fingerprint density at radius 2 is 2.11 bits per heavy atom. The maximum Gasteiger partial charge on any atom is 0.224 e. The maximum atomic E-state index is 11.8. The van der Waals surface area contributed by atoms with Crippen LogP contribution >= 0.6 is 24.4 Å². The van der Waals surface area contributed by atoms with Crippen molar-refractivity contribution in [1.29, 1.82) is 0 Å². The predicted octanol–water partition coefficient (Wildman–Crippen LogP) is 2.92. The first-order valence-corrected chi connectivity index (χ1v) is 7.90. The van der Waals surface area contributed by atoms with E-state index in [1.165, 1.54) is 25.0 Å². The highest BCUT2D eigenvalue weighted by Gasteiger charge is 2.14. The van der Waals surface area contributed by atoms with Gasteiger partial charge in [0.05, 0.1) is 6.42 Å². The average Bonchev–Trinajstić information content (AvgIpc) is 2.40. The SMILES string of the molecule is O=C(Cc1ccc(S)cc1)NCC1CCCCS1. The summed E-state index contributed by atoms with van der Waals surface area (Å²) < 4.78 is 0. The Morgan fingerprint density at radius 1 is 1.33 bits per heavy atom. The minimum atomic E-state index is 0.119. The first-order valence-electron chi connectivity index (χ1n) is 6.40. The number of thiol groups is 1. The zero-order chi connectivity index (χ0) is 12.8. The molecule has 1 aliphatic heterocycles. The van der Waals surface area contributed by atoms with Crippen LogP contribution < -0.4 is 5.32 Å². The average molecular weight is 281 g/mol. The lowest BCUT2D eigenvalue weighted by Gasteiger charge is -2.21. The van der Waals surface area contributed by atoms with E-state index in [2.05, 4.69) is 17.9 Å². The van der Waals surface area contributed by atoms with Crippen LogP contribution in [0.25, 0.3) is 0 Å². The second kappa shape index (κ2) is 7.10. The zero-order valence-corrected chi connectivity index (χ0v) is 12.1. The molecule has 0 spiro atoms. The molecule has 1 aromatic carbocycles. The molecule has 1 unspecified atom stereocenters. The molecule has 1 saturated heterocycles. The summed E-state index contributed by atoms with van der Waals surface area (Å²) >= 11 is 6.22. The number of amides is 1. The van der Waals surface area contributed by atoms with E-state index < -0.39 is 0 Å². The second-order valence-electron chi connectivity index (χ2n) is 4.64. The van der Waals surface area contributed by atoms with E-state index in [4.69, 9.17) is 0 Å². The van der Waals surface area contributed by atoms with Crippen molar-refractivity contribution in [3.05, 3.63) is 29.8 Å². The van der Waals surface area contributed by atoms with Crippen LogP contribution in [0, 0.1) is 0 Å². The zero-order valence-electron chi connectivity index (χ0n) is 10.4. The Morgan fingerprint density at radius 3 is 2.78 bits per heavy atom. The number of nitrogens with one attached hydrogen (secondary N) is 1. The number of carbonyl (C=O) groups is 1.